The molecule has 2 aromatic rings. The summed E-state index contributed by atoms with van der Waals surface area (Å²) in [7, 11) is -3.57. The summed E-state index contributed by atoms with van der Waals surface area (Å²) in [5.74, 6) is 1.87. The first-order chi connectivity index (χ1) is 11.0. The Labute approximate surface area is 139 Å². The van der Waals surface area contributed by atoms with Gasteiger partial charge >= 0.3 is 0 Å². The molecule has 2 aromatic carbocycles. The maximum Gasteiger partial charge on any atom is 0.240 e. The Morgan fingerprint density at radius 2 is 1.83 bits per heavy atom. The predicted octanol–water partition coefficient (Wildman–Crippen LogP) is 2.43. The van der Waals surface area contributed by atoms with Gasteiger partial charge in [0.1, 0.15) is 12.4 Å². The quantitative estimate of drug-likeness (QED) is 0.805. The molecule has 6 nitrogen and oxygen atoms in total. The number of rotatable bonds is 6. The summed E-state index contributed by atoms with van der Waals surface area (Å²) in [6, 6.07) is 11.1. The van der Waals surface area contributed by atoms with E-state index in [4.69, 9.17) is 25.8 Å². The van der Waals surface area contributed by atoms with E-state index in [2.05, 4.69) is 4.72 Å². The molecule has 1 aliphatic heterocycles. The summed E-state index contributed by atoms with van der Waals surface area (Å²) >= 11 is 5.74. The summed E-state index contributed by atoms with van der Waals surface area (Å²) in [5, 5.41) is 0.482. The van der Waals surface area contributed by atoms with Crippen molar-refractivity contribution in [2.45, 2.75) is 4.90 Å². The van der Waals surface area contributed by atoms with E-state index in [1.54, 1.807) is 18.2 Å². The van der Waals surface area contributed by atoms with Crippen LogP contribution in [-0.2, 0) is 10.0 Å². The maximum atomic E-state index is 12.1. The molecule has 0 saturated heterocycles. The van der Waals surface area contributed by atoms with E-state index in [0.717, 1.165) is 0 Å². The average Bonchev–Trinajstić information content (AvgIpc) is 3.00. The van der Waals surface area contributed by atoms with Gasteiger partial charge in [-0.25, -0.2) is 13.1 Å². The Kier molecular flexibility index (Phi) is 4.61. The molecule has 23 heavy (non-hydrogen) atoms. The van der Waals surface area contributed by atoms with Crippen LogP contribution in [0.1, 0.15) is 0 Å². The summed E-state index contributed by atoms with van der Waals surface area (Å²) < 4.78 is 42.5. The van der Waals surface area contributed by atoms with Crippen LogP contribution >= 0.6 is 11.6 Å². The average molecular weight is 356 g/mol. The number of hydrogen-bond acceptors (Lipinski definition) is 5. The van der Waals surface area contributed by atoms with Crippen molar-refractivity contribution in [2.24, 2.45) is 0 Å². The van der Waals surface area contributed by atoms with Crippen LogP contribution in [0.2, 0.25) is 5.02 Å². The Hall–Kier alpha value is -1.96. The number of halogens is 1. The van der Waals surface area contributed by atoms with Gasteiger partial charge in [-0.1, -0.05) is 11.6 Å². The highest BCUT2D eigenvalue weighted by Gasteiger charge is 2.15. The van der Waals surface area contributed by atoms with E-state index in [0.29, 0.717) is 22.3 Å². The van der Waals surface area contributed by atoms with Gasteiger partial charge in [0, 0.05) is 17.6 Å². The van der Waals surface area contributed by atoms with Crippen LogP contribution in [0.4, 0.5) is 0 Å². The van der Waals surface area contributed by atoms with Crippen molar-refractivity contribution >= 4 is 21.6 Å². The van der Waals surface area contributed by atoms with Crippen LogP contribution in [0.3, 0.4) is 0 Å². The second-order valence-electron chi connectivity index (χ2n) is 4.72. The minimum Gasteiger partial charge on any atom is -0.492 e. The zero-order valence-corrected chi connectivity index (χ0v) is 13.6. The van der Waals surface area contributed by atoms with Crippen molar-refractivity contribution in [3.05, 3.63) is 47.5 Å². The lowest BCUT2D eigenvalue weighted by Gasteiger charge is -2.09. The first-order valence-electron chi connectivity index (χ1n) is 6.82. The van der Waals surface area contributed by atoms with Crippen LogP contribution in [0.5, 0.6) is 17.2 Å². The number of fused-ring (bicyclic) bond motifs is 1. The zero-order valence-electron chi connectivity index (χ0n) is 12.0. The van der Waals surface area contributed by atoms with Gasteiger partial charge in [-0.3, -0.25) is 0 Å². The van der Waals surface area contributed by atoms with Crippen molar-refractivity contribution in [1.29, 1.82) is 0 Å². The van der Waals surface area contributed by atoms with Crippen molar-refractivity contribution < 1.29 is 22.6 Å². The summed E-state index contributed by atoms with van der Waals surface area (Å²) in [5.41, 5.74) is 0. The Bertz CT molecular complexity index is 792. The molecule has 1 aliphatic rings. The molecule has 8 heteroatoms. The van der Waals surface area contributed by atoms with E-state index in [-0.39, 0.29) is 24.8 Å². The molecule has 0 fully saturated rings. The molecular formula is C15H14ClNO5S. The van der Waals surface area contributed by atoms with E-state index >= 15 is 0 Å². The standard InChI is InChI=1S/C15H14ClNO5S/c16-11-1-4-13(5-2-11)23(18,19)17-7-8-20-12-3-6-14-15(9-12)22-10-21-14/h1-6,9,17H,7-8,10H2. The lowest BCUT2D eigenvalue weighted by Crippen LogP contribution is -2.28. The van der Waals surface area contributed by atoms with E-state index in [9.17, 15) is 8.42 Å². The molecule has 1 N–H and O–H groups in total. The second kappa shape index (κ2) is 6.66. The summed E-state index contributed by atoms with van der Waals surface area (Å²) in [6.45, 7) is 0.519. The summed E-state index contributed by atoms with van der Waals surface area (Å²) in [4.78, 5) is 0.157. The normalized spacial score (nSPS) is 13.1. The van der Waals surface area contributed by atoms with E-state index < -0.39 is 10.0 Å². The number of hydrogen-bond donors (Lipinski definition) is 1. The van der Waals surface area contributed by atoms with Crippen molar-refractivity contribution in [3.8, 4) is 17.2 Å². The predicted molar refractivity (Wildman–Crippen MR) is 84.7 cm³/mol. The van der Waals surface area contributed by atoms with Crippen molar-refractivity contribution in [2.75, 3.05) is 19.9 Å². The van der Waals surface area contributed by atoms with Gasteiger partial charge in [0.2, 0.25) is 16.8 Å². The van der Waals surface area contributed by atoms with Crippen LogP contribution < -0.4 is 18.9 Å². The molecule has 0 spiro atoms. The van der Waals surface area contributed by atoms with Gasteiger partial charge in [0.15, 0.2) is 11.5 Å². The van der Waals surface area contributed by atoms with Gasteiger partial charge < -0.3 is 14.2 Å². The Morgan fingerprint density at radius 1 is 1.09 bits per heavy atom. The lowest BCUT2D eigenvalue weighted by atomic mass is 10.3. The molecule has 0 atom stereocenters. The smallest absolute Gasteiger partial charge is 0.240 e. The maximum absolute atomic E-state index is 12.1. The van der Waals surface area contributed by atoms with Crippen LogP contribution in [-0.4, -0.2) is 28.4 Å². The molecule has 0 aliphatic carbocycles. The van der Waals surface area contributed by atoms with Gasteiger partial charge in [-0.15, -0.1) is 0 Å². The topological polar surface area (TPSA) is 73.9 Å². The molecule has 0 radical (unpaired) electrons. The van der Waals surface area contributed by atoms with Gasteiger partial charge in [0.05, 0.1) is 4.90 Å². The molecule has 0 bridgehead atoms. The lowest BCUT2D eigenvalue weighted by molar-refractivity contribution is 0.173. The molecule has 0 aromatic heterocycles. The van der Waals surface area contributed by atoms with Crippen LogP contribution in [0, 0.1) is 0 Å². The molecule has 0 saturated carbocycles. The SMILES string of the molecule is O=S(=O)(NCCOc1ccc2c(c1)OCO2)c1ccc(Cl)cc1. The van der Waals surface area contributed by atoms with Crippen LogP contribution in [0.25, 0.3) is 0 Å². The first kappa shape index (κ1) is 15.9. The molecule has 0 amide bonds. The minimum absolute atomic E-state index is 0.138. The minimum atomic E-state index is -3.57. The zero-order chi connectivity index (χ0) is 16.3. The van der Waals surface area contributed by atoms with Gasteiger partial charge in [0.25, 0.3) is 0 Å². The third-order valence-electron chi connectivity index (χ3n) is 3.13. The highest BCUT2D eigenvalue weighted by molar-refractivity contribution is 7.89. The largest absolute Gasteiger partial charge is 0.492 e. The van der Waals surface area contributed by atoms with Gasteiger partial charge in [-0.2, -0.15) is 0 Å². The fraction of sp³-hybridized carbons (Fsp3) is 0.200. The molecule has 0 unspecified atom stereocenters. The second-order valence-corrected chi connectivity index (χ2v) is 6.92. The molecule has 1 heterocycles. The number of sulfonamides is 1. The summed E-state index contributed by atoms with van der Waals surface area (Å²) in [6.07, 6.45) is 0. The van der Waals surface area contributed by atoms with E-state index in [1.807, 2.05) is 0 Å². The number of ether oxygens (including phenoxy) is 3. The highest BCUT2D eigenvalue weighted by atomic mass is 35.5. The molecule has 3 rings (SSSR count). The molecule has 122 valence electrons. The Balaban J connectivity index is 1.52. The van der Waals surface area contributed by atoms with Crippen LogP contribution in [0.15, 0.2) is 47.4 Å². The number of benzene rings is 2. The fourth-order valence-electron chi connectivity index (χ4n) is 2.01. The molecular weight excluding hydrogens is 342 g/mol. The van der Waals surface area contributed by atoms with Crippen molar-refractivity contribution in [1.82, 2.24) is 4.72 Å². The third kappa shape index (κ3) is 3.87. The highest BCUT2D eigenvalue weighted by Crippen LogP contribution is 2.34. The van der Waals surface area contributed by atoms with Crippen molar-refractivity contribution in [3.63, 3.8) is 0 Å². The first-order valence-corrected chi connectivity index (χ1v) is 8.68. The third-order valence-corrected chi connectivity index (χ3v) is 4.86. The number of nitrogens with one attached hydrogen (secondary N) is 1. The monoisotopic (exact) mass is 355 g/mol. The van der Waals surface area contributed by atoms with Gasteiger partial charge in [-0.05, 0) is 36.4 Å². The van der Waals surface area contributed by atoms with E-state index in [1.165, 1.54) is 24.3 Å². The fourth-order valence-corrected chi connectivity index (χ4v) is 3.15. The Morgan fingerprint density at radius 3 is 2.61 bits per heavy atom.